The Hall–Kier alpha value is -0.760. The van der Waals surface area contributed by atoms with Gasteiger partial charge in [0.15, 0.2) is 0 Å². The molecular formula is C9H12BrN5S. The van der Waals surface area contributed by atoms with E-state index in [1.807, 2.05) is 12.4 Å². The molecule has 2 heterocycles. The Bertz CT molecular complexity index is 466. The van der Waals surface area contributed by atoms with E-state index in [2.05, 4.69) is 37.5 Å². The van der Waals surface area contributed by atoms with Crippen LogP contribution in [-0.4, -0.2) is 14.8 Å². The maximum atomic E-state index is 5.56. The summed E-state index contributed by atoms with van der Waals surface area (Å²) in [7, 11) is 1.88. The van der Waals surface area contributed by atoms with Crippen LogP contribution in [0.1, 0.15) is 16.7 Å². The average molecular weight is 302 g/mol. The largest absolute Gasteiger partial charge is 0.271 e. The van der Waals surface area contributed by atoms with Gasteiger partial charge in [0.1, 0.15) is 12.2 Å². The normalized spacial score (nSPS) is 12.9. The molecule has 0 amide bonds. The second kappa shape index (κ2) is 5.05. The number of hydrogen-bond donors (Lipinski definition) is 2. The molecule has 7 heteroatoms. The van der Waals surface area contributed by atoms with Crippen LogP contribution in [0.2, 0.25) is 0 Å². The summed E-state index contributed by atoms with van der Waals surface area (Å²) in [5.41, 5.74) is 2.81. The van der Waals surface area contributed by atoms with Crippen LogP contribution in [0.4, 0.5) is 0 Å². The molecule has 2 aromatic rings. The lowest BCUT2D eigenvalue weighted by Gasteiger charge is -2.13. The topological polar surface area (TPSA) is 68.8 Å². The summed E-state index contributed by atoms with van der Waals surface area (Å²) >= 11 is 5.09. The first-order valence-corrected chi connectivity index (χ1v) is 6.41. The van der Waals surface area contributed by atoms with Crippen LogP contribution in [0.25, 0.3) is 0 Å². The van der Waals surface area contributed by atoms with Gasteiger partial charge in [-0.2, -0.15) is 5.10 Å². The quantitative estimate of drug-likeness (QED) is 0.661. The number of nitrogens with zero attached hydrogens (tertiary/aromatic N) is 3. The van der Waals surface area contributed by atoms with Crippen LogP contribution < -0.4 is 11.3 Å². The lowest BCUT2D eigenvalue weighted by molar-refractivity contribution is 0.530. The van der Waals surface area contributed by atoms with Crippen molar-refractivity contribution in [2.45, 2.75) is 12.5 Å². The molecule has 0 aliphatic heterocycles. The summed E-state index contributed by atoms with van der Waals surface area (Å²) in [5, 5.41) is 6.07. The monoisotopic (exact) mass is 301 g/mol. The molecule has 0 spiro atoms. The van der Waals surface area contributed by atoms with Gasteiger partial charge in [0.25, 0.3) is 0 Å². The Balaban J connectivity index is 2.15. The number of rotatable bonds is 4. The standard InChI is InChI=1S/C9H12BrN5S/c1-15-9(12-5-13-15)3-7(14-11)8-2-6(10)4-16-8/h2,4-5,7,14H,3,11H2,1H3. The minimum atomic E-state index is 0.0687. The molecule has 16 heavy (non-hydrogen) atoms. The van der Waals surface area contributed by atoms with Crippen LogP contribution in [0, 0.1) is 0 Å². The van der Waals surface area contributed by atoms with Crippen LogP contribution >= 0.6 is 27.3 Å². The fourth-order valence-corrected chi connectivity index (χ4v) is 2.95. The number of halogens is 1. The van der Waals surface area contributed by atoms with E-state index in [4.69, 9.17) is 5.84 Å². The highest BCUT2D eigenvalue weighted by atomic mass is 79.9. The Labute approximate surface area is 106 Å². The molecule has 5 nitrogen and oxygen atoms in total. The van der Waals surface area contributed by atoms with Gasteiger partial charge in [-0.05, 0) is 22.0 Å². The predicted molar refractivity (Wildman–Crippen MR) is 66.8 cm³/mol. The number of nitrogens with one attached hydrogen (secondary N) is 1. The van der Waals surface area contributed by atoms with Crippen molar-refractivity contribution in [1.29, 1.82) is 0 Å². The van der Waals surface area contributed by atoms with E-state index in [0.717, 1.165) is 16.7 Å². The third-order valence-electron chi connectivity index (χ3n) is 2.32. The number of aromatic nitrogens is 3. The minimum Gasteiger partial charge on any atom is -0.271 e. The van der Waals surface area contributed by atoms with E-state index in [-0.39, 0.29) is 6.04 Å². The van der Waals surface area contributed by atoms with Crippen molar-refractivity contribution >= 4 is 27.3 Å². The van der Waals surface area contributed by atoms with Gasteiger partial charge in [-0.3, -0.25) is 16.0 Å². The third-order valence-corrected chi connectivity index (χ3v) is 4.13. The fraction of sp³-hybridized carbons (Fsp3) is 0.333. The summed E-state index contributed by atoms with van der Waals surface area (Å²) in [6, 6.07) is 2.13. The summed E-state index contributed by atoms with van der Waals surface area (Å²) < 4.78 is 2.83. The van der Waals surface area contributed by atoms with E-state index >= 15 is 0 Å². The van der Waals surface area contributed by atoms with Gasteiger partial charge >= 0.3 is 0 Å². The summed E-state index contributed by atoms with van der Waals surface area (Å²) in [4.78, 5) is 5.36. The Morgan fingerprint density at radius 2 is 2.50 bits per heavy atom. The molecule has 2 rings (SSSR count). The number of hydrazine groups is 1. The molecule has 0 saturated carbocycles. The van der Waals surface area contributed by atoms with Crippen molar-refractivity contribution in [2.75, 3.05) is 0 Å². The lowest BCUT2D eigenvalue weighted by atomic mass is 10.2. The SMILES string of the molecule is Cn1ncnc1CC(NN)c1cc(Br)cs1. The molecule has 0 fully saturated rings. The number of thiophene rings is 1. The van der Waals surface area contributed by atoms with Gasteiger partial charge in [0.2, 0.25) is 0 Å². The van der Waals surface area contributed by atoms with Crippen LogP contribution in [0.3, 0.4) is 0 Å². The first-order chi connectivity index (χ1) is 7.70. The van der Waals surface area contributed by atoms with Gasteiger partial charge in [0.05, 0.1) is 6.04 Å². The van der Waals surface area contributed by atoms with Gasteiger partial charge < -0.3 is 0 Å². The predicted octanol–water partition coefficient (Wildman–Crippen LogP) is 1.39. The average Bonchev–Trinajstić information content (AvgIpc) is 2.85. The molecule has 0 aliphatic rings. The highest BCUT2D eigenvalue weighted by molar-refractivity contribution is 9.10. The van der Waals surface area contributed by atoms with E-state index < -0.39 is 0 Å². The Morgan fingerprint density at radius 3 is 3.00 bits per heavy atom. The van der Waals surface area contributed by atoms with Crippen LogP contribution in [0.15, 0.2) is 22.2 Å². The third kappa shape index (κ3) is 2.49. The van der Waals surface area contributed by atoms with Gasteiger partial charge in [-0.15, -0.1) is 11.3 Å². The molecule has 3 N–H and O–H groups in total. The molecule has 1 unspecified atom stereocenters. The second-order valence-corrected chi connectivity index (χ2v) is 5.25. The number of hydrogen-bond acceptors (Lipinski definition) is 5. The first kappa shape index (κ1) is 11.7. The van der Waals surface area contributed by atoms with E-state index in [1.165, 1.54) is 4.88 Å². The van der Waals surface area contributed by atoms with Gasteiger partial charge in [-0.25, -0.2) is 4.98 Å². The molecule has 0 radical (unpaired) electrons. The zero-order valence-corrected chi connectivity index (χ0v) is 11.1. The molecule has 2 aromatic heterocycles. The van der Waals surface area contributed by atoms with E-state index in [1.54, 1.807) is 22.3 Å². The maximum absolute atomic E-state index is 5.56. The summed E-state index contributed by atoms with van der Waals surface area (Å²) in [6.07, 6.45) is 2.27. The molecule has 0 aromatic carbocycles. The highest BCUT2D eigenvalue weighted by Gasteiger charge is 2.15. The fourth-order valence-electron chi connectivity index (χ4n) is 1.44. The van der Waals surface area contributed by atoms with Crippen LogP contribution in [0.5, 0.6) is 0 Å². The van der Waals surface area contributed by atoms with Crippen molar-refractivity contribution in [1.82, 2.24) is 20.2 Å². The Kier molecular flexibility index (Phi) is 3.70. The molecule has 0 aliphatic carbocycles. The van der Waals surface area contributed by atoms with Crippen molar-refractivity contribution in [3.63, 3.8) is 0 Å². The molecule has 0 bridgehead atoms. The second-order valence-electron chi connectivity index (χ2n) is 3.39. The number of nitrogens with two attached hydrogens (primary N) is 1. The molecular weight excluding hydrogens is 290 g/mol. The zero-order chi connectivity index (χ0) is 11.5. The molecule has 1 atom stereocenters. The van der Waals surface area contributed by atoms with Gasteiger partial charge in [-0.1, -0.05) is 0 Å². The minimum absolute atomic E-state index is 0.0687. The number of aryl methyl sites for hydroxylation is 1. The van der Waals surface area contributed by atoms with Crippen molar-refractivity contribution in [3.8, 4) is 0 Å². The molecule has 0 saturated heterocycles. The van der Waals surface area contributed by atoms with E-state index in [9.17, 15) is 0 Å². The van der Waals surface area contributed by atoms with Crippen molar-refractivity contribution in [2.24, 2.45) is 12.9 Å². The lowest BCUT2D eigenvalue weighted by Crippen LogP contribution is -2.29. The summed E-state index contributed by atoms with van der Waals surface area (Å²) in [5.74, 6) is 6.47. The first-order valence-electron chi connectivity index (χ1n) is 4.73. The molecule has 86 valence electrons. The Morgan fingerprint density at radius 1 is 1.69 bits per heavy atom. The smallest absolute Gasteiger partial charge is 0.138 e. The van der Waals surface area contributed by atoms with Crippen LogP contribution in [-0.2, 0) is 13.5 Å². The maximum Gasteiger partial charge on any atom is 0.138 e. The van der Waals surface area contributed by atoms with Gasteiger partial charge in [0, 0.05) is 28.2 Å². The van der Waals surface area contributed by atoms with E-state index in [0.29, 0.717) is 0 Å². The summed E-state index contributed by atoms with van der Waals surface area (Å²) in [6.45, 7) is 0. The van der Waals surface area contributed by atoms with Crippen molar-refractivity contribution < 1.29 is 0 Å². The zero-order valence-electron chi connectivity index (χ0n) is 8.72. The highest BCUT2D eigenvalue weighted by Crippen LogP contribution is 2.26. The van der Waals surface area contributed by atoms with Crippen molar-refractivity contribution in [3.05, 3.63) is 32.9 Å².